The number of benzene rings is 2. The normalized spacial score (nSPS) is 13.7. The molecular formula is C20H18ClFN2O. The summed E-state index contributed by atoms with van der Waals surface area (Å²) in [5, 5.41) is 4.11. The van der Waals surface area contributed by atoms with Crippen molar-refractivity contribution in [1.29, 1.82) is 0 Å². The van der Waals surface area contributed by atoms with Crippen LogP contribution < -0.4 is 5.32 Å². The van der Waals surface area contributed by atoms with E-state index in [9.17, 15) is 9.18 Å². The predicted octanol–water partition coefficient (Wildman–Crippen LogP) is 4.77. The predicted molar refractivity (Wildman–Crippen MR) is 97.5 cm³/mol. The van der Waals surface area contributed by atoms with Gasteiger partial charge in [-0.2, -0.15) is 0 Å². The highest BCUT2D eigenvalue weighted by Crippen LogP contribution is 2.29. The Morgan fingerprint density at radius 3 is 2.88 bits per heavy atom. The lowest BCUT2D eigenvalue weighted by Crippen LogP contribution is -2.24. The van der Waals surface area contributed by atoms with Gasteiger partial charge in [0.1, 0.15) is 5.82 Å². The summed E-state index contributed by atoms with van der Waals surface area (Å²) in [5.41, 5.74) is 4.75. The molecule has 0 radical (unpaired) electrons. The van der Waals surface area contributed by atoms with Crippen LogP contribution in [-0.2, 0) is 19.4 Å². The van der Waals surface area contributed by atoms with E-state index in [2.05, 4.69) is 16.4 Å². The Morgan fingerprint density at radius 2 is 2.04 bits per heavy atom. The Labute approximate surface area is 150 Å². The summed E-state index contributed by atoms with van der Waals surface area (Å²) in [6, 6.07) is 10.4. The molecule has 128 valence electrons. The number of carbonyl (C=O) groups excluding carboxylic acids is 1. The highest BCUT2D eigenvalue weighted by Gasteiger charge is 2.17. The maximum atomic E-state index is 13.8. The largest absolute Gasteiger partial charge is 0.358 e. The lowest BCUT2D eigenvalue weighted by atomic mass is 9.95. The van der Waals surface area contributed by atoms with Crippen molar-refractivity contribution in [2.75, 3.05) is 0 Å². The van der Waals surface area contributed by atoms with E-state index in [0.717, 1.165) is 23.9 Å². The molecule has 1 amide bonds. The molecule has 1 aromatic heterocycles. The van der Waals surface area contributed by atoms with Gasteiger partial charge in [-0.25, -0.2) is 4.39 Å². The molecule has 0 saturated heterocycles. The van der Waals surface area contributed by atoms with E-state index in [4.69, 9.17) is 11.6 Å². The third-order valence-electron chi connectivity index (χ3n) is 4.81. The van der Waals surface area contributed by atoms with E-state index in [1.165, 1.54) is 47.7 Å². The number of H-pyrrole nitrogens is 1. The molecule has 2 N–H and O–H groups in total. The molecule has 0 bridgehead atoms. The first-order chi connectivity index (χ1) is 12.1. The molecule has 0 atom stereocenters. The van der Waals surface area contributed by atoms with Crippen molar-refractivity contribution in [1.82, 2.24) is 10.3 Å². The van der Waals surface area contributed by atoms with Crippen LogP contribution in [0.2, 0.25) is 5.02 Å². The fourth-order valence-corrected chi connectivity index (χ4v) is 3.80. The van der Waals surface area contributed by atoms with Gasteiger partial charge in [0.2, 0.25) is 0 Å². The van der Waals surface area contributed by atoms with Crippen LogP contribution in [-0.4, -0.2) is 10.9 Å². The standard InChI is InChI=1S/C20H18ClFN2O/c21-15-5-3-6-16(22)19(15)20(25)23-11-12-8-9-18-14(10-12)13-4-1-2-7-17(13)24-18/h3,5-6,8-10,24H,1-2,4,7,11H2,(H,23,25). The first kappa shape index (κ1) is 16.2. The molecule has 1 heterocycles. The van der Waals surface area contributed by atoms with E-state index in [0.29, 0.717) is 6.54 Å². The first-order valence-corrected chi connectivity index (χ1v) is 8.86. The van der Waals surface area contributed by atoms with Gasteiger partial charge in [-0.05, 0) is 61.1 Å². The van der Waals surface area contributed by atoms with Gasteiger partial charge in [-0.1, -0.05) is 23.7 Å². The molecule has 3 aromatic rings. The van der Waals surface area contributed by atoms with Crippen molar-refractivity contribution >= 4 is 28.4 Å². The SMILES string of the molecule is O=C(NCc1ccc2[nH]c3c(c2c1)CCCC3)c1c(F)cccc1Cl. The number of rotatable bonds is 3. The summed E-state index contributed by atoms with van der Waals surface area (Å²) in [5.74, 6) is -1.11. The lowest BCUT2D eigenvalue weighted by Gasteiger charge is -2.11. The monoisotopic (exact) mass is 356 g/mol. The van der Waals surface area contributed by atoms with Crippen LogP contribution >= 0.6 is 11.6 Å². The minimum Gasteiger partial charge on any atom is -0.358 e. The quantitative estimate of drug-likeness (QED) is 0.697. The topological polar surface area (TPSA) is 44.9 Å². The van der Waals surface area contributed by atoms with Crippen LogP contribution in [0, 0.1) is 5.82 Å². The van der Waals surface area contributed by atoms with Crippen LogP contribution in [0.5, 0.6) is 0 Å². The van der Waals surface area contributed by atoms with Gasteiger partial charge in [0, 0.05) is 23.1 Å². The van der Waals surface area contributed by atoms with Gasteiger partial charge in [0.25, 0.3) is 5.91 Å². The Balaban J connectivity index is 1.56. The van der Waals surface area contributed by atoms with Crippen LogP contribution in [0.1, 0.15) is 40.0 Å². The van der Waals surface area contributed by atoms with E-state index in [1.807, 2.05) is 12.1 Å². The minimum absolute atomic E-state index is 0.107. The molecule has 0 unspecified atom stereocenters. The Morgan fingerprint density at radius 1 is 1.20 bits per heavy atom. The van der Waals surface area contributed by atoms with Crippen LogP contribution in [0.4, 0.5) is 4.39 Å². The summed E-state index contributed by atoms with van der Waals surface area (Å²) in [4.78, 5) is 15.8. The third-order valence-corrected chi connectivity index (χ3v) is 5.12. The lowest BCUT2D eigenvalue weighted by molar-refractivity contribution is 0.0947. The van der Waals surface area contributed by atoms with Crippen molar-refractivity contribution in [2.24, 2.45) is 0 Å². The molecule has 3 nitrogen and oxygen atoms in total. The van der Waals surface area contributed by atoms with Crippen LogP contribution in [0.25, 0.3) is 10.9 Å². The molecule has 1 aliphatic carbocycles. The fraction of sp³-hybridized carbons (Fsp3) is 0.250. The average Bonchev–Trinajstić information content (AvgIpc) is 2.98. The van der Waals surface area contributed by atoms with E-state index in [1.54, 1.807) is 0 Å². The van der Waals surface area contributed by atoms with Gasteiger partial charge < -0.3 is 10.3 Å². The Kier molecular flexibility index (Phi) is 4.22. The fourth-order valence-electron chi connectivity index (χ4n) is 3.55. The number of aromatic amines is 1. The summed E-state index contributed by atoms with van der Waals surface area (Å²) in [7, 11) is 0. The number of nitrogens with one attached hydrogen (secondary N) is 2. The van der Waals surface area contributed by atoms with Crippen molar-refractivity contribution in [3.05, 3.63) is 69.6 Å². The Hall–Kier alpha value is -2.33. The number of aryl methyl sites for hydroxylation is 2. The van der Waals surface area contributed by atoms with Gasteiger partial charge >= 0.3 is 0 Å². The van der Waals surface area contributed by atoms with Crippen LogP contribution in [0.15, 0.2) is 36.4 Å². The maximum Gasteiger partial charge on any atom is 0.256 e. The van der Waals surface area contributed by atoms with Crippen molar-refractivity contribution in [2.45, 2.75) is 32.2 Å². The molecule has 1 aliphatic rings. The minimum atomic E-state index is -0.611. The average molecular weight is 357 g/mol. The number of aromatic nitrogens is 1. The van der Waals surface area contributed by atoms with Gasteiger partial charge in [0.05, 0.1) is 10.6 Å². The zero-order valence-electron chi connectivity index (χ0n) is 13.7. The van der Waals surface area contributed by atoms with Crippen molar-refractivity contribution in [3.8, 4) is 0 Å². The second-order valence-electron chi connectivity index (χ2n) is 6.45. The molecule has 25 heavy (non-hydrogen) atoms. The zero-order chi connectivity index (χ0) is 17.4. The maximum absolute atomic E-state index is 13.8. The van der Waals surface area contributed by atoms with E-state index >= 15 is 0 Å². The zero-order valence-corrected chi connectivity index (χ0v) is 14.4. The van der Waals surface area contributed by atoms with Crippen molar-refractivity contribution < 1.29 is 9.18 Å². The first-order valence-electron chi connectivity index (χ1n) is 8.48. The summed E-state index contributed by atoms with van der Waals surface area (Å²) < 4.78 is 13.8. The number of hydrogen-bond donors (Lipinski definition) is 2. The van der Waals surface area contributed by atoms with Crippen molar-refractivity contribution in [3.63, 3.8) is 0 Å². The molecule has 0 spiro atoms. The molecule has 2 aromatic carbocycles. The van der Waals surface area contributed by atoms with Gasteiger partial charge in [0.15, 0.2) is 0 Å². The third kappa shape index (κ3) is 3.02. The molecule has 0 saturated carbocycles. The number of fused-ring (bicyclic) bond motifs is 3. The second kappa shape index (κ2) is 6.52. The Bertz CT molecular complexity index is 943. The molecule has 0 aliphatic heterocycles. The number of amides is 1. The van der Waals surface area contributed by atoms with E-state index < -0.39 is 11.7 Å². The molecular weight excluding hydrogens is 339 g/mol. The van der Waals surface area contributed by atoms with Gasteiger partial charge in [-0.3, -0.25) is 4.79 Å². The highest BCUT2D eigenvalue weighted by atomic mass is 35.5. The second-order valence-corrected chi connectivity index (χ2v) is 6.86. The number of halogens is 2. The van der Waals surface area contributed by atoms with E-state index in [-0.39, 0.29) is 10.6 Å². The van der Waals surface area contributed by atoms with Gasteiger partial charge in [-0.15, -0.1) is 0 Å². The highest BCUT2D eigenvalue weighted by molar-refractivity contribution is 6.33. The van der Waals surface area contributed by atoms with Crippen LogP contribution in [0.3, 0.4) is 0 Å². The molecule has 0 fully saturated rings. The summed E-state index contributed by atoms with van der Waals surface area (Å²) in [6.07, 6.45) is 4.64. The molecule has 4 rings (SSSR count). The number of hydrogen-bond acceptors (Lipinski definition) is 1. The molecule has 5 heteroatoms. The smallest absolute Gasteiger partial charge is 0.256 e. The number of carbonyl (C=O) groups is 1. The summed E-state index contributed by atoms with van der Waals surface area (Å²) >= 11 is 5.94. The summed E-state index contributed by atoms with van der Waals surface area (Å²) in [6.45, 7) is 0.333.